The minimum atomic E-state index is -4.69. The molecule has 0 aliphatic heterocycles. The van der Waals surface area contributed by atoms with E-state index in [1.165, 1.54) is 42.5 Å². The molecule has 0 radical (unpaired) electrons. The number of nitrogens with zero attached hydrogens (tertiary/aromatic N) is 6. The molecule has 0 aromatic heterocycles. The summed E-state index contributed by atoms with van der Waals surface area (Å²) < 4.78 is 101. The maximum Gasteiger partial charge on any atom is 1.00 e. The predicted octanol–water partition coefficient (Wildman–Crippen LogP) is -4.18. The van der Waals surface area contributed by atoms with E-state index in [0.29, 0.717) is 0 Å². The van der Waals surface area contributed by atoms with Crippen LogP contribution >= 0.6 is 0 Å². The summed E-state index contributed by atoms with van der Waals surface area (Å²) in [6.07, 6.45) is 0. The third-order valence-corrected chi connectivity index (χ3v) is 8.07. The zero-order chi connectivity index (χ0) is 32.3. The first-order valence-corrected chi connectivity index (χ1v) is 15.9. The van der Waals surface area contributed by atoms with E-state index < -0.39 is 45.0 Å². The molecule has 0 amide bonds. The number of hydrogen-bond donors (Lipinski definition) is 2. The van der Waals surface area contributed by atoms with Crippen LogP contribution in [0.3, 0.4) is 0 Å². The number of azo groups is 3. The van der Waals surface area contributed by atoms with Gasteiger partial charge in [0.15, 0.2) is 0 Å². The molecule has 17 nitrogen and oxygen atoms in total. The summed E-state index contributed by atoms with van der Waals surface area (Å²) in [5.74, 6) is 0. The fourth-order valence-corrected chi connectivity index (χ4v) is 4.72. The maximum absolute atomic E-state index is 11.2. The van der Waals surface area contributed by atoms with Gasteiger partial charge in [0.2, 0.25) is 0 Å². The zero-order valence-electron chi connectivity index (χ0n) is 24.7. The first-order valence-electron chi connectivity index (χ1n) is 11.7. The standard InChI is InChI=1S/C24H20N8O9S3.3Na/c25-22-20(30-27-14-1-7-17(8-2-14)42(33,34)35)13-21(31-28-15-3-9-18(10-4-15)43(36,37)38)23(26)24(22)32-29-16-5-11-19(12-6-16)44(39,40)41;;;/h1-13H,25-26H2,(H,33,34,35)(H,36,37,38)(H,39,40,41);;;/q;3*+1/p-3. The summed E-state index contributed by atoms with van der Waals surface area (Å²) in [5.41, 5.74) is 12.3. The number of benzene rings is 4. The van der Waals surface area contributed by atoms with E-state index >= 15 is 0 Å². The van der Waals surface area contributed by atoms with E-state index in [1.54, 1.807) is 0 Å². The Morgan fingerprint density at radius 1 is 0.426 bits per heavy atom. The summed E-state index contributed by atoms with van der Waals surface area (Å²) in [5, 5.41) is 24.0. The largest absolute Gasteiger partial charge is 1.00 e. The van der Waals surface area contributed by atoms with Crippen LogP contribution < -0.4 is 100 Å². The van der Waals surface area contributed by atoms with Crippen LogP contribution in [-0.4, -0.2) is 38.9 Å². The Bertz CT molecular complexity index is 2040. The van der Waals surface area contributed by atoms with Crippen molar-refractivity contribution >= 4 is 75.9 Å². The van der Waals surface area contributed by atoms with Crippen molar-refractivity contribution in [3.8, 4) is 0 Å². The van der Waals surface area contributed by atoms with E-state index in [-0.39, 0.29) is 134 Å². The van der Waals surface area contributed by atoms with Crippen LogP contribution in [0.25, 0.3) is 0 Å². The Labute approximate surface area is 335 Å². The van der Waals surface area contributed by atoms with Crippen LogP contribution in [0.5, 0.6) is 0 Å². The smallest absolute Gasteiger partial charge is 0.744 e. The molecule has 4 aromatic carbocycles. The minimum absolute atomic E-state index is 0. The van der Waals surface area contributed by atoms with Gasteiger partial charge in [0.1, 0.15) is 47.4 Å². The van der Waals surface area contributed by atoms with Crippen molar-refractivity contribution in [1.82, 2.24) is 0 Å². The number of nitrogens with two attached hydrogens (primary N) is 2. The van der Waals surface area contributed by atoms with Gasteiger partial charge in [0.05, 0.1) is 43.1 Å². The molecule has 0 aliphatic rings. The van der Waals surface area contributed by atoms with Crippen molar-refractivity contribution in [3.63, 3.8) is 0 Å². The monoisotopic (exact) mass is 726 g/mol. The quantitative estimate of drug-likeness (QED) is 0.0721. The second-order valence-corrected chi connectivity index (χ2v) is 12.7. The summed E-state index contributed by atoms with van der Waals surface area (Å²) in [7, 11) is -14.0. The van der Waals surface area contributed by atoms with Gasteiger partial charge in [-0.3, -0.25) is 0 Å². The molecule has 0 unspecified atom stereocenters. The van der Waals surface area contributed by atoms with Crippen molar-refractivity contribution in [3.05, 3.63) is 78.9 Å². The molecule has 228 valence electrons. The zero-order valence-corrected chi connectivity index (χ0v) is 33.2. The number of rotatable bonds is 9. The average molecular weight is 727 g/mol. The van der Waals surface area contributed by atoms with E-state index in [9.17, 15) is 38.9 Å². The number of anilines is 2. The summed E-state index contributed by atoms with van der Waals surface area (Å²) in [6.45, 7) is 0. The fourth-order valence-electron chi connectivity index (χ4n) is 3.32. The van der Waals surface area contributed by atoms with Crippen molar-refractivity contribution < 1.29 is 128 Å². The topological polar surface area (TPSA) is 298 Å². The number of nitrogen functional groups attached to an aromatic ring is 2. The molecule has 0 aliphatic carbocycles. The Balaban J connectivity index is 0.00000368. The minimum Gasteiger partial charge on any atom is -0.744 e. The molecule has 4 N–H and O–H groups in total. The first-order chi connectivity index (χ1) is 20.5. The van der Waals surface area contributed by atoms with Gasteiger partial charge >= 0.3 is 88.7 Å². The van der Waals surface area contributed by atoms with Crippen LogP contribution in [0.15, 0.2) is 124 Å². The Kier molecular flexibility index (Phi) is 16.1. The number of hydrogen-bond acceptors (Lipinski definition) is 17. The van der Waals surface area contributed by atoms with Crippen molar-refractivity contribution in [2.45, 2.75) is 14.7 Å². The van der Waals surface area contributed by atoms with E-state index in [0.717, 1.165) is 36.4 Å². The summed E-state index contributed by atoms with van der Waals surface area (Å²) in [4.78, 5) is -1.44. The van der Waals surface area contributed by atoms with Gasteiger partial charge in [0.25, 0.3) is 0 Å². The van der Waals surface area contributed by atoms with Gasteiger partial charge in [-0.15, -0.1) is 15.3 Å². The van der Waals surface area contributed by atoms with Crippen LogP contribution in [0.4, 0.5) is 45.5 Å². The van der Waals surface area contributed by atoms with E-state index in [2.05, 4.69) is 30.7 Å². The van der Waals surface area contributed by atoms with Gasteiger partial charge in [-0.2, -0.15) is 15.3 Å². The molecule has 4 aromatic rings. The molecule has 0 saturated heterocycles. The van der Waals surface area contributed by atoms with Crippen LogP contribution in [0.2, 0.25) is 0 Å². The Morgan fingerprint density at radius 3 is 0.936 bits per heavy atom. The molecule has 4 rings (SSSR count). The molecular formula is C24H17N8Na3O9S3. The van der Waals surface area contributed by atoms with Crippen LogP contribution in [0.1, 0.15) is 0 Å². The Morgan fingerprint density at radius 2 is 0.681 bits per heavy atom. The molecule has 0 fully saturated rings. The van der Waals surface area contributed by atoms with Crippen molar-refractivity contribution in [1.29, 1.82) is 0 Å². The van der Waals surface area contributed by atoms with Crippen LogP contribution in [-0.2, 0) is 30.4 Å². The molecule has 23 heteroatoms. The molecule has 0 spiro atoms. The van der Waals surface area contributed by atoms with E-state index in [1.807, 2.05) is 0 Å². The fraction of sp³-hybridized carbons (Fsp3) is 0. The van der Waals surface area contributed by atoms with Crippen LogP contribution in [0, 0.1) is 0 Å². The van der Waals surface area contributed by atoms with Gasteiger partial charge in [-0.05, 0) is 78.9 Å². The predicted molar refractivity (Wildman–Crippen MR) is 151 cm³/mol. The molecule has 0 atom stereocenters. The Hall–Kier alpha value is -1.99. The normalized spacial score (nSPS) is 12.1. The second kappa shape index (κ2) is 17.6. The van der Waals surface area contributed by atoms with Gasteiger partial charge in [-0.25, -0.2) is 25.3 Å². The third kappa shape index (κ3) is 11.8. The first kappa shape index (κ1) is 43.0. The molecule has 0 bridgehead atoms. The van der Waals surface area contributed by atoms with Crippen molar-refractivity contribution in [2.75, 3.05) is 11.5 Å². The molecule has 0 saturated carbocycles. The average Bonchev–Trinajstić information content (AvgIpc) is 2.95. The second-order valence-electron chi connectivity index (χ2n) is 8.53. The SMILES string of the molecule is Nc1c(N=Nc2ccc(S(=O)(=O)[O-])cc2)cc(N=Nc2ccc(S(=O)(=O)[O-])cc2)c(N)c1N=Nc1ccc(S(=O)(=O)[O-])cc1.[Na+].[Na+].[Na+]. The third-order valence-electron chi connectivity index (χ3n) is 5.52. The maximum atomic E-state index is 11.2. The summed E-state index contributed by atoms with van der Waals surface area (Å²) in [6, 6.07) is 14.8. The molecule has 0 heterocycles. The van der Waals surface area contributed by atoms with Crippen molar-refractivity contribution in [2.24, 2.45) is 30.7 Å². The van der Waals surface area contributed by atoms with Gasteiger partial charge in [0, 0.05) is 0 Å². The van der Waals surface area contributed by atoms with E-state index in [4.69, 9.17) is 11.5 Å². The molecule has 47 heavy (non-hydrogen) atoms. The summed E-state index contributed by atoms with van der Waals surface area (Å²) >= 11 is 0. The van der Waals surface area contributed by atoms with Gasteiger partial charge in [-0.1, -0.05) is 0 Å². The van der Waals surface area contributed by atoms with Gasteiger partial charge < -0.3 is 25.1 Å². The molecular weight excluding hydrogens is 709 g/mol.